The van der Waals surface area contributed by atoms with Crippen LogP contribution >= 0.6 is 11.6 Å². The molecule has 2 aromatic carbocycles. The van der Waals surface area contributed by atoms with Gasteiger partial charge in [-0.15, -0.1) is 5.43 Å². The second-order valence-corrected chi connectivity index (χ2v) is 10.6. The van der Waals surface area contributed by atoms with Crippen molar-refractivity contribution in [3.63, 3.8) is 0 Å². The van der Waals surface area contributed by atoms with E-state index < -0.39 is 31.2 Å². The van der Waals surface area contributed by atoms with Gasteiger partial charge in [0.15, 0.2) is 16.0 Å². The smallest absolute Gasteiger partial charge is 0.270 e. The van der Waals surface area contributed by atoms with Crippen LogP contribution in [0.5, 0.6) is 0 Å². The fourth-order valence-electron chi connectivity index (χ4n) is 3.74. The van der Waals surface area contributed by atoms with Crippen LogP contribution in [0.4, 0.5) is 5.69 Å². The summed E-state index contributed by atoms with van der Waals surface area (Å²) in [5.74, 6) is 0. The number of halogens is 1. The van der Waals surface area contributed by atoms with Crippen molar-refractivity contribution in [2.45, 2.75) is 67.8 Å². The summed E-state index contributed by atoms with van der Waals surface area (Å²) in [5, 5.41) is 11.3. The van der Waals surface area contributed by atoms with Crippen LogP contribution in [-0.4, -0.2) is 23.6 Å². The Morgan fingerprint density at radius 3 is 2.44 bits per heavy atom. The standard InChI is InChI=1S/C22H31ClN4O4S/c1-4-6-14-22(5-2,21(23)26-25-20(24)17-10-8-7-9-11-17)32(30,31)19-15-18(27(28)29)13-12-16(19)3/h7-13,15,20-21,25-26H,4-6,14,24H2,1-3H3/p+1/t20?,21?,22-/m0/s1. The van der Waals surface area contributed by atoms with Crippen LogP contribution in [-0.2, 0) is 9.84 Å². The van der Waals surface area contributed by atoms with Crippen molar-refractivity contribution in [3.05, 3.63) is 69.8 Å². The van der Waals surface area contributed by atoms with E-state index in [0.717, 1.165) is 18.1 Å². The molecule has 2 unspecified atom stereocenters. The molecule has 3 atom stereocenters. The van der Waals surface area contributed by atoms with E-state index in [1.807, 2.05) is 37.3 Å². The SMILES string of the molecule is CCCC[C@@](CC)(C(Cl)N[NH2+]C(N)c1ccccc1)S(=O)(=O)c1cc([N+](=O)[O-])ccc1C. The number of nitrogens with zero attached hydrogens (tertiary/aromatic N) is 1. The number of non-ortho nitro benzene ring substituents is 1. The molecule has 0 saturated carbocycles. The molecule has 0 saturated heterocycles. The van der Waals surface area contributed by atoms with Crippen molar-refractivity contribution in [1.82, 2.24) is 5.43 Å². The summed E-state index contributed by atoms with van der Waals surface area (Å²) in [6.07, 6.45) is 1.46. The third-order valence-corrected chi connectivity index (χ3v) is 9.32. The molecule has 0 aromatic heterocycles. The zero-order chi connectivity index (χ0) is 23.9. The molecule has 0 bridgehead atoms. The minimum Gasteiger partial charge on any atom is -0.276 e. The quantitative estimate of drug-likeness (QED) is 0.106. The average Bonchev–Trinajstić information content (AvgIpc) is 2.78. The van der Waals surface area contributed by atoms with Gasteiger partial charge in [0.2, 0.25) is 0 Å². The van der Waals surface area contributed by atoms with Gasteiger partial charge < -0.3 is 0 Å². The third-order valence-electron chi connectivity index (χ3n) is 5.83. The molecule has 0 aliphatic heterocycles. The van der Waals surface area contributed by atoms with Crippen molar-refractivity contribution in [2.75, 3.05) is 0 Å². The number of rotatable bonds is 12. The first-order valence-electron chi connectivity index (χ1n) is 10.6. The zero-order valence-electron chi connectivity index (χ0n) is 18.6. The molecule has 0 fully saturated rings. The van der Waals surface area contributed by atoms with Gasteiger partial charge in [0.05, 0.1) is 9.82 Å². The minimum atomic E-state index is -4.04. The Kier molecular flexibility index (Phi) is 9.18. The molecular weight excluding hydrogens is 452 g/mol. The topological polar surface area (TPSA) is 132 Å². The summed E-state index contributed by atoms with van der Waals surface area (Å²) in [6, 6.07) is 13.3. The Bertz CT molecular complexity index is 1020. The third kappa shape index (κ3) is 5.47. The largest absolute Gasteiger partial charge is 0.276 e. The fourth-order valence-corrected chi connectivity index (χ4v) is 6.77. The minimum absolute atomic E-state index is 0.0653. The van der Waals surface area contributed by atoms with Crippen molar-refractivity contribution in [1.29, 1.82) is 0 Å². The zero-order valence-corrected chi connectivity index (χ0v) is 20.2. The van der Waals surface area contributed by atoms with Gasteiger partial charge in [-0.1, -0.05) is 74.7 Å². The Morgan fingerprint density at radius 2 is 1.88 bits per heavy atom. The molecule has 2 rings (SSSR count). The number of aryl methyl sites for hydroxylation is 1. The Balaban J connectivity index is 2.44. The molecule has 2 aromatic rings. The van der Waals surface area contributed by atoms with Crippen LogP contribution in [0.25, 0.3) is 0 Å². The normalized spacial score (nSPS) is 15.7. The second-order valence-electron chi connectivity index (χ2n) is 7.86. The number of hydrogen-bond donors (Lipinski definition) is 3. The first kappa shape index (κ1) is 26.2. The molecule has 8 nitrogen and oxygen atoms in total. The number of sulfone groups is 1. The summed E-state index contributed by atoms with van der Waals surface area (Å²) in [5.41, 5.74) is 10.9. The molecule has 32 heavy (non-hydrogen) atoms. The van der Waals surface area contributed by atoms with E-state index in [4.69, 9.17) is 17.3 Å². The maximum Gasteiger partial charge on any atom is 0.270 e. The Hall–Kier alpha value is -2.04. The van der Waals surface area contributed by atoms with E-state index in [1.54, 1.807) is 19.3 Å². The van der Waals surface area contributed by atoms with Crippen LogP contribution in [0.2, 0.25) is 0 Å². The van der Waals surface area contributed by atoms with E-state index in [-0.39, 0.29) is 17.0 Å². The van der Waals surface area contributed by atoms with Crippen molar-refractivity contribution in [3.8, 4) is 0 Å². The van der Waals surface area contributed by atoms with Gasteiger partial charge in [-0.05, 0) is 25.3 Å². The molecule has 0 spiro atoms. The lowest BCUT2D eigenvalue weighted by Gasteiger charge is -2.36. The lowest BCUT2D eigenvalue weighted by atomic mass is 9.98. The summed E-state index contributed by atoms with van der Waals surface area (Å²) in [6.45, 7) is 5.37. The molecule has 176 valence electrons. The highest BCUT2D eigenvalue weighted by Crippen LogP contribution is 2.40. The highest BCUT2D eigenvalue weighted by atomic mass is 35.5. The number of benzene rings is 2. The maximum absolute atomic E-state index is 14.0. The number of nitrogens with one attached hydrogen (secondary N) is 1. The van der Waals surface area contributed by atoms with Crippen molar-refractivity contribution in [2.24, 2.45) is 5.73 Å². The van der Waals surface area contributed by atoms with Crippen LogP contribution < -0.4 is 16.6 Å². The summed E-state index contributed by atoms with van der Waals surface area (Å²) < 4.78 is 26.5. The number of quaternary nitrogens is 1. The molecule has 0 radical (unpaired) electrons. The van der Waals surface area contributed by atoms with E-state index in [9.17, 15) is 18.5 Å². The van der Waals surface area contributed by atoms with Crippen molar-refractivity contribution >= 4 is 27.1 Å². The number of alkyl halides is 1. The fraction of sp³-hybridized carbons (Fsp3) is 0.455. The van der Waals surface area contributed by atoms with Gasteiger partial charge in [0.1, 0.15) is 10.2 Å². The first-order valence-corrected chi connectivity index (χ1v) is 12.6. The van der Waals surface area contributed by atoms with Gasteiger partial charge in [-0.25, -0.2) is 13.8 Å². The lowest BCUT2D eigenvalue weighted by Crippen LogP contribution is -2.98. The molecule has 5 N–H and O–H groups in total. The Morgan fingerprint density at radius 1 is 1.22 bits per heavy atom. The lowest BCUT2D eigenvalue weighted by molar-refractivity contribution is -0.750. The number of unbranched alkanes of at least 4 members (excludes halogenated alkanes) is 1. The molecule has 0 aliphatic carbocycles. The maximum atomic E-state index is 14.0. The summed E-state index contributed by atoms with van der Waals surface area (Å²) in [7, 11) is -4.04. The summed E-state index contributed by atoms with van der Waals surface area (Å²) >= 11 is 6.75. The monoisotopic (exact) mass is 483 g/mol. The average molecular weight is 484 g/mol. The predicted octanol–water partition coefficient (Wildman–Crippen LogP) is 3.31. The first-order chi connectivity index (χ1) is 15.1. The molecule has 0 aliphatic rings. The second kappa shape index (κ2) is 11.2. The van der Waals surface area contributed by atoms with E-state index in [0.29, 0.717) is 18.4 Å². The number of nitro benzene ring substituents is 1. The van der Waals surface area contributed by atoms with E-state index >= 15 is 0 Å². The van der Waals surface area contributed by atoms with Crippen LogP contribution in [0.3, 0.4) is 0 Å². The van der Waals surface area contributed by atoms with Crippen LogP contribution in [0, 0.1) is 17.0 Å². The van der Waals surface area contributed by atoms with Gasteiger partial charge in [0.25, 0.3) is 5.69 Å². The van der Waals surface area contributed by atoms with Crippen LogP contribution in [0.15, 0.2) is 53.4 Å². The molecule has 0 heterocycles. The molecular formula is C22H32ClN4O4S+. The van der Waals surface area contributed by atoms with Gasteiger partial charge in [-0.3, -0.25) is 15.8 Å². The van der Waals surface area contributed by atoms with E-state index in [1.165, 1.54) is 12.1 Å². The highest BCUT2D eigenvalue weighted by Gasteiger charge is 2.50. The summed E-state index contributed by atoms with van der Waals surface area (Å²) in [4.78, 5) is 10.6. The number of nitrogens with two attached hydrogens (primary N) is 2. The van der Waals surface area contributed by atoms with Crippen molar-refractivity contribution < 1.29 is 18.8 Å². The van der Waals surface area contributed by atoms with Gasteiger partial charge in [0, 0.05) is 17.7 Å². The van der Waals surface area contributed by atoms with E-state index in [2.05, 4.69) is 5.43 Å². The van der Waals surface area contributed by atoms with Gasteiger partial charge in [-0.2, -0.15) is 0 Å². The number of hydrogen-bond acceptors (Lipinski definition) is 6. The van der Waals surface area contributed by atoms with Gasteiger partial charge >= 0.3 is 0 Å². The van der Waals surface area contributed by atoms with Crippen LogP contribution in [0.1, 0.15) is 56.8 Å². The molecule has 0 amide bonds. The number of nitro groups is 1. The predicted molar refractivity (Wildman–Crippen MR) is 126 cm³/mol. The Labute approximate surface area is 194 Å². The highest BCUT2D eigenvalue weighted by molar-refractivity contribution is 7.93. The molecule has 10 heteroatoms.